The Hall–Kier alpha value is -3.60. The molecule has 1 aliphatic heterocycles. The van der Waals surface area contributed by atoms with Crippen LogP contribution >= 0.6 is 0 Å². The molecule has 4 aromatic rings. The van der Waals surface area contributed by atoms with Crippen molar-refractivity contribution in [2.45, 2.75) is 26.4 Å². The van der Waals surface area contributed by atoms with Crippen LogP contribution in [0.25, 0.3) is 11.5 Å². The molecule has 0 saturated carbocycles. The molecular weight excluding hydrogens is 360 g/mol. The standard InChI is InChI=1S/C24H22N4O/c1-18-8-7-11-20(14-18)28-24(26-12-5-6-13-26)21-16-27(17-22(21)25-28)23(29)15-19-9-3-2-4-10-19/h2-14H,15-17H2,1H3. The van der Waals surface area contributed by atoms with Crippen molar-refractivity contribution in [1.82, 2.24) is 19.2 Å². The summed E-state index contributed by atoms with van der Waals surface area (Å²) in [6, 6.07) is 22.3. The highest BCUT2D eigenvalue weighted by molar-refractivity contribution is 5.79. The second-order valence-corrected chi connectivity index (χ2v) is 7.50. The summed E-state index contributed by atoms with van der Waals surface area (Å²) < 4.78 is 4.08. The van der Waals surface area contributed by atoms with Gasteiger partial charge in [-0.05, 0) is 42.3 Å². The number of fused-ring (bicyclic) bond motifs is 1. The summed E-state index contributed by atoms with van der Waals surface area (Å²) in [5.41, 5.74) is 5.35. The third-order valence-electron chi connectivity index (χ3n) is 5.38. The van der Waals surface area contributed by atoms with Gasteiger partial charge in [0.2, 0.25) is 5.91 Å². The molecule has 0 unspecified atom stereocenters. The molecule has 0 aliphatic carbocycles. The predicted molar refractivity (Wildman–Crippen MR) is 112 cm³/mol. The summed E-state index contributed by atoms with van der Waals surface area (Å²) in [7, 11) is 0. The van der Waals surface area contributed by atoms with Crippen LogP contribution in [0.1, 0.15) is 22.4 Å². The molecule has 5 heteroatoms. The van der Waals surface area contributed by atoms with Crippen LogP contribution in [0.5, 0.6) is 0 Å². The van der Waals surface area contributed by atoms with E-state index in [0.717, 1.165) is 28.3 Å². The van der Waals surface area contributed by atoms with Gasteiger partial charge in [-0.2, -0.15) is 5.10 Å². The molecule has 29 heavy (non-hydrogen) atoms. The van der Waals surface area contributed by atoms with Gasteiger partial charge in [-0.15, -0.1) is 0 Å². The van der Waals surface area contributed by atoms with Gasteiger partial charge in [0.25, 0.3) is 0 Å². The number of aryl methyl sites for hydroxylation is 1. The first-order valence-electron chi connectivity index (χ1n) is 9.82. The molecule has 0 fully saturated rings. The van der Waals surface area contributed by atoms with Crippen molar-refractivity contribution in [2.75, 3.05) is 0 Å². The topological polar surface area (TPSA) is 43.1 Å². The van der Waals surface area contributed by atoms with E-state index in [1.807, 2.05) is 70.5 Å². The zero-order chi connectivity index (χ0) is 19.8. The Morgan fingerprint density at radius 3 is 2.52 bits per heavy atom. The molecule has 0 radical (unpaired) electrons. The molecular formula is C24H22N4O. The lowest BCUT2D eigenvalue weighted by atomic mass is 10.1. The maximum atomic E-state index is 12.9. The quantitative estimate of drug-likeness (QED) is 0.534. The molecule has 0 spiro atoms. The van der Waals surface area contributed by atoms with Crippen LogP contribution in [0.15, 0.2) is 79.1 Å². The molecule has 144 valence electrons. The third kappa shape index (κ3) is 3.25. The SMILES string of the molecule is Cc1cccc(-n2nc3c(c2-n2cccc2)CN(C(=O)Cc2ccccc2)C3)c1. The predicted octanol–water partition coefficient (Wildman–Crippen LogP) is 4.06. The van der Waals surface area contributed by atoms with E-state index < -0.39 is 0 Å². The van der Waals surface area contributed by atoms with Gasteiger partial charge in [-0.25, -0.2) is 4.68 Å². The van der Waals surface area contributed by atoms with Gasteiger partial charge in [-0.1, -0.05) is 42.5 Å². The third-order valence-corrected chi connectivity index (χ3v) is 5.38. The summed E-state index contributed by atoms with van der Waals surface area (Å²) >= 11 is 0. The van der Waals surface area contributed by atoms with Crippen molar-refractivity contribution >= 4 is 5.91 Å². The zero-order valence-electron chi connectivity index (χ0n) is 16.3. The van der Waals surface area contributed by atoms with Gasteiger partial charge in [0.1, 0.15) is 5.82 Å². The van der Waals surface area contributed by atoms with Gasteiger partial charge >= 0.3 is 0 Å². The molecule has 0 bridgehead atoms. The molecule has 2 aromatic carbocycles. The Bertz CT molecular complexity index is 1160. The summed E-state index contributed by atoms with van der Waals surface area (Å²) in [5.74, 6) is 1.14. The Morgan fingerprint density at radius 2 is 1.76 bits per heavy atom. The summed E-state index contributed by atoms with van der Waals surface area (Å²) in [5, 5.41) is 4.90. The Labute approximate surface area is 169 Å². The maximum Gasteiger partial charge on any atom is 0.227 e. The fourth-order valence-electron chi connectivity index (χ4n) is 3.94. The summed E-state index contributed by atoms with van der Waals surface area (Å²) in [6.07, 6.45) is 4.47. The van der Waals surface area contributed by atoms with E-state index in [-0.39, 0.29) is 5.91 Å². The highest BCUT2D eigenvalue weighted by Gasteiger charge is 2.31. The molecule has 0 atom stereocenters. The second kappa shape index (κ2) is 7.09. The van der Waals surface area contributed by atoms with Crippen LogP contribution in [0.4, 0.5) is 0 Å². The van der Waals surface area contributed by atoms with Gasteiger partial charge in [-0.3, -0.25) is 4.79 Å². The van der Waals surface area contributed by atoms with Gasteiger partial charge in [0, 0.05) is 18.0 Å². The number of aromatic nitrogens is 3. The molecule has 1 aliphatic rings. The lowest BCUT2D eigenvalue weighted by molar-refractivity contribution is -0.131. The molecule has 0 saturated heterocycles. The molecule has 5 rings (SSSR count). The van der Waals surface area contributed by atoms with Crippen molar-refractivity contribution in [3.8, 4) is 11.5 Å². The van der Waals surface area contributed by atoms with E-state index in [2.05, 4.69) is 29.7 Å². The Morgan fingerprint density at radius 1 is 0.966 bits per heavy atom. The van der Waals surface area contributed by atoms with Gasteiger partial charge in [0.15, 0.2) is 0 Å². The largest absolute Gasteiger partial charge is 0.332 e. The van der Waals surface area contributed by atoms with Crippen LogP contribution in [0.2, 0.25) is 0 Å². The number of carbonyl (C=O) groups excluding carboxylic acids is 1. The van der Waals surface area contributed by atoms with E-state index >= 15 is 0 Å². The first kappa shape index (κ1) is 17.5. The average Bonchev–Trinajstić information content (AvgIpc) is 3.44. The number of benzene rings is 2. The minimum atomic E-state index is 0.134. The minimum Gasteiger partial charge on any atom is -0.332 e. The summed E-state index contributed by atoms with van der Waals surface area (Å²) in [6.45, 7) is 3.22. The normalized spacial score (nSPS) is 12.9. The monoisotopic (exact) mass is 382 g/mol. The van der Waals surface area contributed by atoms with Crippen LogP contribution in [0.3, 0.4) is 0 Å². The lowest BCUT2D eigenvalue weighted by Gasteiger charge is -2.17. The number of rotatable bonds is 4. The number of nitrogens with zero attached hydrogens (tertiary/aromatic N) is 4. The van der Waals surface area contributed by atoms with Crippen molar-refractivity contribution < 1.29 is 4.79 Å². The van der Waals surface area contributed by atoms with Crippen molar-refractivity contribution in [1.29, 1.82) is 0 Å². The molecule has 2 aromatic heterocycles. The van der Waals surface area contributed by atoms with Crippen LogP contribution < -0.4 is 0 Å². The molecule has 1 amide bonds. The number of hydrogen-bond acceptors (Lipinski definition) is 2. The molecule has 3 heterocycles. The van der Waals surface area contributed by atoms with Crippen LogP contribution in [-0.4, -0.2) is 25.2 Å². The van der Waals surface area contributed by atoms with Crippen molar-refractivity contribution in [2.24, 2.45) is 0 Å². The molecule has 5 nitrogen and oxygen atoms in total. The van der Waals surface area contributed by atoms with E-state index in [1.165, 1.54) is 5.56 Å². The highest BCUT2D eigenvalue weighted by Crippen LogP contribution is 2.31. The van der Waals surface area contributed by atoms with Crippen LogP contribution in [-0.2, 0) is 24.3 Å². The van der Waals surface area contributed by atoms with E-state index in [0.29, 0.717) is 19.5 Å². The Balaban J connectivity index is 1.49. The minimum absolute atomic E-state index is 0.134. The number of carbonyl (C=O) groups is 1. The fourth-order valence-corrected chi connectivity index (χ4v) is 3.94. The van der Waals surface area contributed by atoms with E-state index in [9.17, 15) is 4.79 Å². The van der Waals surface area contributed by atoms with Crippen molar-refractivity contribution in [3.05, 3.63) is 102 Å². The number of hydrogen-bond donors (Lipinski definition) is 0. The summed E-state index contributed by atoms with van der Waals surface area (Å²) in [4.78, 5) is 14.8. The molecule has 0 N–H and O–H groups in total. The van der Waals surface area contributed by atoms with Crippen molar-refractivity contribution in [3.63, 3.8) is 0 Å². The second-order valence-electron chi connectivity index (χ2n) is 7.50. The fraction of sp³-hybridized carbons (Fsp3) is 0.167. The van der Waals surface area contributed by atoms with Crippen LogP contribution in [0, 0.1) is 6.92 Å². The lowest BCUT2D eigenvalue weighted by Crippen LogP contribution is -2.27. The first-order chi connectivity index (χ1) is 14.2. The number of amides is 1. The van der Waals surface area contributed by atoms with E-state index in [1.54, 1.807) is 0 Å². The van der Waals surface area contributed by atoms with E-state index in [4.69, 9.17) is 5.10 Å². The first-order valence-corrected chi connectivity index (χ1v) is 9.82. The van der Waals surface area contributed by atoms with Gasteiger partial charge < -0.3 is 9.47 Å². The highest BCUT2D eigenvalue weighted by atomic mass is 16.2. The maximum absolute atomic E-state index is 12.9. The Kier molecular flexibility index (Phi) is 4.28. The average molecular weight is 382 g/mol. The van der Waals surface area contributed by atoms with Gasteiger partial charge in [0.05, 0.1) is 30.9 Å². The zero-order valence-corrected chi connectivity index (χ0v) is 16.3. The smallest absolute Gasteiger partial charge is 0.227 e.